The lowest BCUT2D eigenvalue weighted by Crippen LogP contribution is -2.36. The Morgan fingerprint density at radius 1 is 1.37 bits per heavy atom. The van der Waals surface area contributed by atoms with Crippen LogP contribution < -0.4 is 0 Å². The zero-order chi connectivity index (χ0) is 13.9. The van der Waals surface area contributed by atoms with Crippen LogP contribution in [0.15, 0.2) is 12.3 Å². The van der Waals surface area contributed by atoms with Gasteiger partial charge in [-0.1, -0.05) is 6.42 Å². The second kappa shape index (κ2) is 5.86. The van der Waals surface area contributed by atoms with Crippen LogP contribution in [0, 0.1) is 0 Å². The molecule has 1 aliphatic heterocycles. The van der Waals surface area contributed by atoms with Gasteiger partial charge in [-0.15, -0.1) is 0 Å². The molecule has 0 aromatic carbocycles. The summed E-state index contributed by atoms with van der Waals surface area (Å²) in [6, 6.07) is 1.35. The molecule has 106 valence electrons. The minimum absolute atomic E-state index is 0.286. The lowest BCUT2D eigenvalue weighted by Gasteiger charge is -2.32. The van der Waals surface area contributed by atoms with Crippen LogP contribution in [0.1, 0.15) is 37.2 Å². The van der Waals surface area contributed by atoms with Gasteiger partial charge >= 0.3 is 6.18 Å². The molecule has 1 aromatic rings. The number of halogens is 3. The first-order valence-corrected chi connectivity index (χ1v) is 6.56. The van der Waals surface area contributed by atoms with E-state index in [1.54, 1.807) is 0 Å². The summed E-state index contributed by atoms with van der Waals surface area (Å²) in [4.78, 5) is 9.81. The second-order valence-electron chi connectivity index (χ2n) is 5.02. The highest BCUT2D eigenvalue weighted by Crippen LogP contribution is 2.27. The van der Waals surface area contributed by atoms with Gasteiger partial charge in [0.25, 0.3) is 0 Å². The van der Waals surface area contributed by atoms with E-state index in [1.807, 2.05) is 0 Å². The molecule has 2 heterocycles. The predicted molar refractivity (Wildman–Crippen MR) is 65.6 cm³/mol. The van der Waals surface area contributed by atoms with E-state index in [-0.39, 0.29) is 5.82 Å². The number of hydrogen-bond donors (Lipinski definition) is 0. The van der Waals surface area contributed by atoms with Crippen LogP contribution in [0.2, 0.25) is 0 Å². The highest BCUT2D eigenvalue weighted by Gasteiger charge is 2.32. The minimum Gasteiger partial charge on any atom is -0.303 e. The molecular formula is C13H18F3N3. The summed E-state index contributed by atoms with van der Waals surface area (Å²) in [6.07, 6.45) is 1.62. The van der Waals surface area contributed by atoms with E-state index >= 15 is 0 Å². The van der Waals surface area contributed by atoms with Gasteiger partial charge in [-0.2, -0.15) is 13.2 Å². The molecule has 0 spiro atoms. The van der Waals surface area contributed by atoms with Gasteiger partial charge in [0.1, 0.15) is 11.5 Å². The molecule has 1 saturated heterocycles. The van der Waals surface area contributed by atoms with Crippen molar-refractivity contribution in [1.29, 1.82) is 0 Å². The topological polar surface area (TPSA) is 29.0 Å². The molecule has 0 aliphatic carbocycles. The van der Waals surface area contributed by atoms with Gasteiger partial charge in [0.2, 0.25) is 0 Å². The number of alkyl halides is 3. The number of aryl methyl sites for hydroxylation is 1. The summed E-state index contributed by atoms with van der Waals surface area (Å²) in [6.45, 7) is 1.06. The van der Waals surface area contributed by atoms with Crippen LogP contribution in [0.5, 0.6) is 0 Å². The molecule has 19 heavy (non-hydrogen) atoms. The molecule has 3 nitrogen and oxygen atoms in total. The van der Waals surface area contributed by atoms with E-state index < -0.39 is 11.9 Å². The molecule has 0 N–H and O–H groups in total. The van der Waals surface area contributed by atoms with E-state index in [4.69, 9.17) is 0 Å². The van der Waals surface area contributed by atoms with Gasteiger partial charge in [-0.25, -0.2) is 9.97 Å². The largest absolute Gasteiger partial charge is 0.433 e. The minimum atomic E-state index is -4.39. The first kappa shape index (κ1) is 14.2. The molecule has 0 radical (unpaired) electrons. The highest BCUT2D eigenvalue weighted by atomic mass is 19.4. The molecule has 0 amide bonds. The Morgan fingerprint density at radius 2 is 2.16 bits per heavy atom. The zero-order valence-corrected chi connectivity index (χ0v) is 11.0. The molecule has 1 fully saturated rings. The summed E-state index contributed by atoms with van der Waals surface area (Å²) in [5.41, 5.74) is -0.852. The Hall–Kier alpha value is -1.17. The summed E-state index contributed by atoms with van der Waals surface area (Å²) in [5, 5.41) is 0. The maximum atomic E-state index is 12.5. The van der Waals surface area contributed by atoms with Crippen LogP contribution in [0.25, 0.3) is 0 Å². The fourth-order valence-corrected chi connectivity index (χ4v) is 2.48. The van der Waals surface area contributed by atoms with E-state index in [1.165, 1.54) is 19.0 Å². The first-order chi connectivity index (χ1) is 8.97. The molecule has 2 rings (SSSR count). The van der Waals surface area contributed by atoms with Gasteiger partial charge in [0.15, 0.2) is 0 Å². The molecular weight excluding hydrogens is 255 g/mol. The number of nitrogens with zero attached hydrogens (tertiary/aromatic N) is 3. The van der Waals surface area contributed by atoms with E-state index in [2.05, 4.69) is 21.9 Å². The third kappa shape index (κ3) is 3.89. The van der Waals surface area contributed by atoms with Crippen molar-refractivity contribution in [2.24, 2.45) is 0 Å². The van der Waals surface area contributed by atoms with E-state index in [0.29, 0.717) is 12.5 Å². The van der Waals surface area contributed by atoms with Gasteiger partial charge in [0, 0.05) is 18.7 Å². The van der Waals surface area contributed by atoms with Crippen molar-refractivity contribution in [3.63, 3.8) is 0 Å². The molecule has 0 unspecified atom stereocenters. The molecule has 0 saturated carbocycles. The Balaban J connectivity index is 1.96. The van der Waals surface area contributed by atoms with Gasteiger partial charge in [-0.05, 0) is 38.9 Å². The molecule has 1 aromatic heterocycles. The third-order valence-corrected chi connectivity index (χ3v) is 3.62. The third-order valence-electron chi connectivity index (χ3n) is 3.62. The smallest absolute Gasteiger partial charge is 0.303 e. The van der Waals surface area contributed by atoms with Crippen molar-refractivity contribution >= 4 is 0 Å². The second-order valence-corrected chi connectivity index (χ2v) is 5.02. The average Bonchev–Trinajstić information content (AvgIpc) is 2.37. The first-order valence-electron chi connectivity index (χ1n) is 6.56. The fraction of sp³-hybridized carbons (Fsp3) is 0.692. The normalized spacial score (nSPS) is 21.6. The molecule has 1 atom stereocenters. The van der Waals surface area contributed by atoms with Crippen molar-refractivity contribution in [3.8, 4) is 0 Å². The maximum Gasteiger partial charge on any atom is 0.433 e. The Labute approximate surface area is 110 Å². The number of likely N-dealkylation sites (tertiary alicyclic amines) is 1. The monoisotopic (exact) mass is 273 g/mol. The Kier molecular flexibility index (Phi) is 4.39. The van der Waals surface area contributed by atoms with Crippen molar-refractivity contribution in [2.45, 2.75) is 44.3 Å². The van der Waals surface area contributed by atoms with Crippen molar-refractivity contribution < 1.29 is 13.2 Å². The lowest BCUT2D eigenvalue weighted by molar-refractivity contribution is -0.141. The quantitative estimate of drug-likeness (QED) is 0.848. The molecule has 6 heteroatoms. The SMILES string of the molecule is CN1CCCC[C@H]1CCc1nccc(C(F)(F)F)n1. The van der Waals surface area contributed by atoms with Gasteiger partial charge in [-0.3, -0.25) is 0 Å². The zero-order valence-electron chi connectivity index (χ0n) is 11.0. The Bertz CT molecular complexity index is 420. The maximum absolute atomic E-state index is 12.5. The summed E-state index contributed by atoms with van der Waals surface area (Å²) < 4.78 is 37.6. The number of piperidine rings is 1. The van der Waals surface area contributed by atoms with E-state index in [0.717, 1.165) is 25.5 Å². The van der Waals surface area contributed by atoms with E-state index in [9.17, 15) is 13.2 Å². The predicted octanol–water partition coefficient (Wildman–Crippen LogP) is 2.91. The molecule has 0 bridgehead atoms. The van der Waals surface area contributed by atoms with Crippen LogP contribution in [-0.4, -0.2) is 34.5 Å². The summed E-state index contributed by atoms with van der Waals surface area (Å²) in [7, 11) is 2.07. The van der Waals surface area contributed by atoms with Crippen molar-refractivity contribution in [2.75, 3.05) is 13.6 Å². The highest BCUT2D eigenvalue weighted by molar-refractivity contribution is 5.06. The van der Waals surface area contributed by atoms with Crippen LogP contribution in [0.4, 0.5) is 13.2 Å². The van der Waals surface area contributed by atoms with Crippen LogP contribution in [0.3, 0.4) is 0 Å². The number of hydrogen-bond acceptors (Lipinski definition) is 3. The summed E-state index contributed by atoms with van der Waals surface area (Å²) >= 11 is 0. The van der Waals surface area contributed by atoms with Crippen molar-refractivity contribution in [1.82, 2.24) is 14.9 Å². The lowest BCUT2D eigenvalue weighted by atomic mass is 9.98. The van der Waals surface area contributed by atoms with Crippen LogP contribution >= 0.6 is 0 Å². The van der Waals surface area contributed by atoms with Crippen molar-refractivity contribution in [3.05, 3.63) is 23.8 Å². The molecule has 1 aliphatic rings. The number of rotatable bonds is 3. The average molecular weight is 273 g/mol. The number of aromatic nitrogens is 2. The Morgan fingerprint density at radius 3 is 2.84 bits per heavy atom. The van der Waals surface area contributed by atoms with Crippen LogP contribution in [-0.2, 0) is 12.6 Å². The standard InChI is InChI=1S/C13H18F3N3/c1-19-9-3-2-4-10(19)5-6-12-17-8-7-11(18-12)13(14,15)16/h7-8,10H,2-6,9H2,1H3/t10-/m0/s1. The fourth-order valence-electron chi connectivity index (χ4n) is 2.48. The van der Waals surface area contributed by atoms with Gasteiger partial charge in [0.05, 0.1) is 0 Å². The van der Waals surface area contributed by atoms with Gasteiger partial charge < -0.3 is 4.90 Å². The summed E-state index contributed by atoms with van der Waals surface area (Å²) in [5.74, 6) is 0.286.